The Morgan fingerprint density at radius 1 is 1.50 bits per heavy atom. The Labute approximate surface area is 112 Å². The van der Waals surface area contributed by atoms with E-state index < -0.39 is 0 Å². The maximum absolute atomic E-state index is 6.20. The van der Waals surface area contributed by atoms with Gasteiger partial charge in [-0.15, -0.1) is 0 Å². The molecule has 0 aliphatic heterocycles. The summed E-state index contributed by atoms with van der Waals surface area (Å²) in [5, 5.41) is 12.6. The molecule has 0 fully saturated rings. The van der Waals surface area contributed by atoms with Gasteiger partial charge in [0.25, 0.3) is 0 Å². The highest BCUT2D eigenvalue weighted by Crippen LogP contribution is 2.19. The van der Waals surface area contributed by atoms with Gasteiger partial charge in [-0.1, -0.05) is 11.6 Å². The minimum atomic E-state index is 0.316. The third-order valence-electron chi connectivity index (χ3n) is 2.90. The highest BCUT2D eigenvalue weighted by Gasteiger charge is 2.12. The molecule has 2 rings (SSSR count). The van der Waals surface area contributed by atoms with Crippen LogP contribution < -0.4 is 5.32 Å². The van der Waals surface area contributed by atoms with E-state index in [-0.39, 0.29) is 0 Å². The number of aromatic nitrogens is 4. The molecule has 98 valence electrons. The largest absolute Gasteiger partial charge is 0.307 e. The predicted molar refractivity (Wildman–Crippen MR) is 71.5 cm³/mol. The molecule has 0 spiro atoms. The van der Waals surface area contributed by atoms with Crippen LogP contribution in [-0.4, -0.2) is 25.6 Å². The lowest BCUT2D eigenvalue weighted by molar-refractivity contribution is 0.443. The Bertz CT molecular complexity index is 503. The summed E-state index contributed by atoms with van der Waals surface area (Å²) in [4.78, 5) is 0. The van der Waals surface area contributed by atoms with Gasteiger partial charge in [-0.05, 0) is 19.9 Å². The van der Waals surface area contributed by atoms with Crippen LogP contribution in [-0.2, 0) is 20.1 Å². The summed E-state index contributed by atoms with van der Waals surface area (Å²) >= 11 is 6.20. The number of hydrogen-bond acceptors (Lipinski definition) is 3. The van der Waals surface area contributed by atoms with E-state index in [1.807, 2.05) is 35.6 Å². The molecule has 2 heterocycles. The minimum absolute atomic E-state index is 0.316. The van der Waals surface area contributed by atoms with Gasteiger partial charge >= 0.3 is 0 Å². The summed E-state index contributed by atoms with van der Waals surface area (Å²) in [6, 6.07) is 2.24. The number of halogens is 1. The molecule has 18 heavy (non-hydrogen) atoms. The molecule has 0 bridgehead atoms. The van der Waals surface area contributed by atoms with E-state index in [9.17, 15) is 0 Å². The quantitative estimate of drug-likeness (QED) is 0.898. The smallest absolute Gasteiger partial charge is 0.0860 e. The van der Waals surface area contributed by atoms with Crippen LogP contribution in [0.5, 0.6) is 0 Å². The zero-order valence-electron chi connectivity index (χ0n) is 10.9. The fraction of sp³-hybridized carbons (Fsp3) is 0.500. The zero-order valence-corrected chi connectivity index (χ0v) is 11.6. The lowest BCUT2D eigenvalue weighted by atomic mass is 10.3. The van der Waals surface area contributed by atoms with Gasteiger partial charge in [-0.25, -0.2) is 0 Å². The summed E-state index contributed by atoms with van der Waals surface area (Å²) < 4.78 is 3.74. The van der Waals surface area contributed by atoms with Crippen LogP contribution in [0.3, 0.4) is 0 Å². The molecule has 1 unspecified atom stereocenters. The Kier molecular flexibility index (Phi) is 4.04. The summed E-state index contributed by atoms with van der Waals surface area (Å²) in [7, 11) is 1.91. The van der Waals surface area contributed by atoms with Crippen molar-refractivity contribution in [3.05, 3.63) is 34.9 Å². The standard InChI is InChI=1S/C12H18ClN5/c1-9(8-18-6-4-5-15-18)14-7-11-12(13)10(2)16-17(11)3/h4-6,9,14H,7-8H2,1-3H3. The summed E-state index contributed by atoms with van der Waals surface area (Å²) in [6.07, 6.45) is 3.74. The van der Waals surface area contributed by atoms with Gasteiger partial charge < -0.3 is 5.32 Å². The van der Waals surface area contributed by atoms with Gasteiger partial charge in [0.2, 0.25) is 0 Å². The molecule has 0 saturated carbocycles. The number of nitrogens with zero attached hydrogens (tertiary/aromatic N) is 4. The molecule has 1 N–H and O–H groups in total. The molecule has 0 aliphatic rings. The fourth-order valence-electron chi connectivity index (χ4n) is 1.90. The third kappa shape index (κ3) is 2.91. The van der Waals surface area contributed by atoms with E-state index in [0.29, 0.717) is 12.6 Å². The van der Waals surface area contributed by atoms with Crippen molar-refractivity contribution in [1.29, 1.82) is 0 Å². The van der Waals surface area contributed by atoms with Gasteiger partial charge in [0, 0.05) is 32.0 Å². The van der Waals surface area contributed by atoms with Crippen molar-refractivity contribution in [3.8, 4) is 0 Å². The van der Waals surface area contributed by atoms with E-state index in [1.165, 1.54) is 0 Å². The van der Waals surface area contributed by atoms with E-state index in [2.05, 4.69) is 22.4 Å². The second kappa shape index (κ2) is 5.54. The van der Waals surface area contributed by atoms with Crippen LogP contribution in [0.1, 0.15) is 18.3 Å². The Morgan fingerprint density at radius 2 is 2.28 bits per heavy atom. The maximum Gasteiger partial charge on any atom is 0.0860 e. The summed E-state index contributed by atoms with van der Waals surface area (Å²) in [5.74, 6) is 0. The van der Waals surface area contributed by atoms with Gasteiger partial charge in [0.05, 0.1) is 23.0 Å². The summed E-state index contributed by atoms with van der Waals surface area (Å²) in [5.41, 5.74) is 1.89. The molecule has 1 atom stereocenters. The van der Waals surface area contributed by atoms with Crippen molar-refractivity contribution in [3.63, 3.8) is 0 Å². The van der Waals surface area contributed by atoms with Crippen LogP contribution >= 0.6 is 11.6 Å². The zero-order chi connectivity index (χ0) is 13.1. The SMILES string of the molecule is Cc1nn(C)c(CNC(C)Cn2cccn2)c1Cl. The number of hydrogen-bond donors (Lipinski definition) is 1. The van der Waals surface area contributed by atoms with Crippen molar-refractivity contribution >= 4 is 11.6 Å². The second-order valence-electron chi connectivity index (χ2n) is 4.48. The number of rotatable bonds is 5. The average Bonchev–Trinajstić information content (AvgIpc) is 2.88. The summed E-state index contributed by atoms with van der Waals surface area (Å²) in [6.45, 7) is 5.58. The van der Waals surface area contributed by atoms with Crippen LogP contribution in [0.15, 0.2) is 18.5 Å². The van der Waals surface area contributed by atoms with Crippen molar-refractivity contribution < 1.29 is 0 Å². The topological polar surface area (TPSA) is 47.7 Å². The molecular weight excluding hydrogens is 250 g/mol. The third-order valence-corrected chi connectivity index (χ3v) is 3.39. The minimum Gasteiger partial charge on any atom is -0.307 e. The van der Waals surface area contributed by atoms with Crippen molar-refractivity contribution in [2.45, 2.75) is 33.0 Å². The Hall–Kier alpha value is -1.33. The molecule has 6 heteroatoms. The first-order valence-corrected chi connectivity index (χ1v) is 6.34. The molecule has 0 aliphatic carbocycles. The van der Waals surface area contributed by atoms with E-state index in [0.717, 1.165) is 23.0 Å². The van der Waals surface area contributed by atoms with Crippen LogP contribution in [0.2, 0.25) is 5.02 Å². The molecule has 2 aromatic rings. The fourth-order valence-corrected chi connectivity index (χ4v) is 2.12. The first-order valence-electron chi connectivity index (χ1n) is 5.96. The van der Waals surface area contributed by atoms with Gasteiger partial charge in [-0.3, -0.25) is 9.36 Å². The maximum atomic E-state index is 6.20. The van der Waals surface area contributed by atoms with E-state index in [1.54, 1.807) is 6.20 Å². The highest BCUT2D eigenvalue weighted by molar-refractivity contribution is 6.31. The monoisotopic (exact) mass is 267 g/mol. The molecule has 0 aromatic carbocycles. The van der Waals surface area contributed by atoms with E-state index >= 15 is 0 Å². The Morgan fingerprint density at radius 3 is 2.83 bits per heavy atom. The average molecular weight is 268 g/mol. The van der Waals surface area contributed by atoms with Gasteiger partial charge in [0.15, 0.2) is 0 Å². The predicted octanol–water partition coefficient (Wildman–Crippen LogP) is 1.76. The van der Waals surface area contributed by atoms with Crippen LogP contribution in [0, 0.1) is 6.92 Å². The highest BCUT2D eigenvalue weighted by atomic mass is 35.5. The Balaban J connectivity index is 1.91. The lowest BCUT2D eigenvalue weighted by Crippen LogP contribution is -2.30. The van der Waals surface area contributed by atoms with Crippen molar-refractivity contribution in [1.82, 2.24) is 24.9 Å². The lowest BCUT2D eigenvalue weighted by Gasteiger charge is -2.14. The van der Waals surface area contributed by atoms with Gasteiger partial charge in [-0.2, -0.15) is 10.2 Å². The number of nitrogens with one attached hydrogen (secondary N) is 1. The molecule has 2 aromatic heterocycles. The van der Waals surface area contributed by atoms with Crippen LogP contribution in [0.4, 0.5) is 0 Å². The molecule has 5 nitrogen and oxygen atoms in total. The first-order chi connectivity index (χ1) is 8.58. The molecule has 0 amide bonds. The number of aryl methyl sites for hydroxylation is 2. The van der Waals surface area contributed by atoms with Crippen LogP contribution in [0.25, 0.3) is 0 Å². The normalized spacial score (nSPS) is 12.9. The molecule has 0 radical (unpaired) electrons. The first kappa shape index (κ1) is 13.1. The van der Waals surface area contributed by atoms with Crippen molar-refractivity contribution in [2.75, 3.05) is 0 Å². The van der Waals surface area contributed by atoms with Crippen molar-refractivity contribution in [2.24, 2.45) is 7.05 Å². The molecule has 0 saturated heterocycles. The van der Waals surface area contributed by atoms with E-state index in [4.69, 9.17) is 11.6 Å². The van der Waals surface area contributed by atoms with Gasteiger partial charge in [0.1, 0.15) is 0 Å². The molecular formula is C12H18ClN5. The second-order valence-corrected chi connectivity index (χ2v) is 4.86.